The third-order valence-electron chi connectivity index (χ3n) is 3.38. The first kappa shape index (κ1) is 14.0. The Morgan fingerprint density at radius 2 is 2.29 bits per heavy atom. The number of halogens is 1. The van der Waals surface area contributed by atoms with Gasteiger partial charge in [0.15, 0.2) is 5.82 Å². The van der Waals surface area contributed by atoms with E-state index in [0.29, 0.717) is 24.1 Å². The van der Waals surface area contributed by atoms with E-state index in [2.05, 4.69) is 10.1 Å². The fraction of sp³-hybridized carbons (Fsp3) is 0.357. The van der Waals surface area contributed by atoms with Gasteiger partial charge in [0.05, 0.1) is 23.7 Å². The van der Waals surface area contributed by atoms with Crippen LogP contribution in [-0.2, 0) is 16.0 Å². The summed E-state index contributed by atoms with van der Waals surface area (Å²) in [7, 11) is 0. The summed E-state index contributed by atoms with van der Waals surface area (Å²) >= 11 is 6.24. The monoisotopic (exact) mass is 306 g/mol. The molecular weight excluding hydrogens is 292 g/mol. The van der Waals surface area contributed by atoms with Crippen molar-refractivity contribution >= 4 is 17.5 Å². The number of benzene rings is 1. The van der Waals surface area contributed by atoms with Crippen LogP contribution in [0.5, 0.6) is 0 Å². The number of para-hydroxylation sites is 1. The van der Waals surface area contributed by atoms with Crippen molar-refractivity contribution in [3.05, 3.63) is 40.9 Å². The van der Waals surface area contributed by atoms with Gasteiger partial charge in [0.1, 0.15) is 5.82 Å². The summed E-state index contributed by atoms with van der Waals surface area (Å²) in [5.41, 5.74) is 5.97. The maximum absolute atomic E-state index is 11.1. The molecule has 110 valence electrons. The zero-order valence-corrected chi connectivity index (χ0v) is 12.1. The summed E-state index contributed by atoms with van der Waals surface area (Å²) in [6.07, 6.45) is 0.886. The van der Waals surface area contributed by atoms with E-state index in [4.69, 9.17) is 22.1 Å². The topological polar surface area (TPSA) is 83.0 Å². The molecule has 2 N–H and O–H groups in total. The van der Waals surface area contributed by atoms with Gasteiger partial charge < -0.3 is 10.5 Å². The number of ether oxygens (including phenoxy) is 1. The van der Waals surface area contributed by atoms with Gasteiger partial charge in [-0.2, -0.15) is 5.10 Å². The van der Waals surface area contributed by atoms with Gasteiger partial charge in [0, 0.05) is 12.5 Å². The molecule has 1 atom stereocenters. The smallest absolute Gasteiger partial charge is 0.225 e. The van der Waals surface area contributed by atoms with Crippen LogP contribution >= 0.6 is 11.6 Å². The van der Waals surface area contributed by atoms with Crippen LogP contribution in [0, 0.1) is 0 Å². The molecule has 1 fully saturated rings. The molecule has 7 heteroatoms. The Balaban J connectivity index is 2.06. The number of amides is 1. The van der Waals surface area contributed by atoms with E-state index in [0.717, 1.165) is 17.9 Å². The summed E-state index contributed by atoms with van der Waals surface area (Å²) < 4.78 is 7.11. The minimum absolute atomic E-state index is 0.0119. The lowest BCUT2D eigenvalue weighted by Gasteiger charge is -2.10. The number of aromatic nitrogens is 3. The van der Waals surface area contributed by atoms with Gasteiger partial charge in [-0.15, -0.1) is 0 Å². The normalized spacial score (nSPS) is 18.0. The van der Waals surface area contributed by atoms with Crippen LogP contribution in [0.15, 0.2) is 24.3 Å². The number of rotatable bonds is 4. The van der Waals surface area contributed by atoms with Crippen molar-refractivity contribution in [3.63, 3.8) is 0 Å². The number of hydrogen-bond donors (Lipinski definition) is 1. The Labute approximate surface area is 126 Å². The second-order valence-corrected chi connectivity index (χ2v) is 5.36. The molecule has 0 bridgehead atoms. The summed E-state index contributed by atoms with van der Waals surface area (Å²) in [6, 6.07) is 7.39. The molecule has 0 aliphatic carbocycles. The first-order valence-electron chi connectivity index (χ1n) is 6.72. The highest BCUT2D eigenvalue weighted by molar-refractivity contribution is 6.32. The first-order chi connectivity index (χ1) is 10.1. The molecule has 1 aromatic heterocycles. The van der Waals surface area contributed by atoms with E-state index >= 15 is 0 Å². The fourth-order valence-electron chi connectivity index (χ4n) is 2.40. The molecule has 0 spiro atoms. The van der Waals surface area contributed by atoms with Crippen molar-refractivity contribution in [1.29, 1.82) is 0 Å². The van der Waals surface area contributed by atoms with Crippen LogP contribution in [0.3, 0.4) is 0 Å². The second kappa shape index (κ2) is 5.83. The van der Waals surface area contributed by atoms with E-state index in [1.54, 1.807) is 10.7 Å². The Morgan fingerprint density at radius 3 is 2.95 bits per heavy atom. The van der Waals surface area contributed by atoms with E-state index < -0.39 is 5.91 Å². The van der Waals surface area contributed by atoms with Crippen molar-refractivity contribution < 1.29 is 9.53 Å². The van der Waals surface area contributed by atoms with Crippen molar-refractivity contribution in [3.8, 4) is 5.69 Å². The van der Waals surface area contributed by atoms with Crippen LogP contribution in [0.25, 0.3) is 5.69 Å². The van der Waals surface area contributed by atoms with E-state index in [9.17, 15) is 4.79 Å². The lowest BCUT2D eigenvalue weighted by molar-refractivity contribution is -0.117. The van der Waals surface area contributed by atoms with Crippen LogP contribution in [0.4, 0.5) is 0 Å². The third-order valence-corrected chi connectivity index (χ3v) is 3.70. The summed E-state index contributed by atoms with van der Waals surface area (Å²) in [4.78, 5) is 15.6. The molecule has 2 aromatic rings. The molecular formula is C14H15ClN4O2. The molecule has 6 nitrogen and oxygen atoms in total. The first-order valence-corrected chi connectivity index (χ1v) is 7.09. The Kier molecular flexibility index (Phi) is 3.90. The maximum atomic E-state index is 11.1. The van der Waals surface area contributed by atoms with Crippen LogP contribution in [0.1, 0.15) is 24.0 Å². The number of nitrogens with two attached hydrogens (primary N) is 1. The van der Waals surface area contributed by atoms with Crippen molar-refractivity contribution in [2.24, 2.45) is 5.73 Å². The predicted octanol–water partition coefficient (Wildman–Crippen LogP) is 1.45. The lowest BCUT2D eigenvalue weighted by Crippen LogP contribution is -2.14. The molecule has 21 heavy (non-hydrogen) atoms. The van der Waals surface area contributed by atoms with Gasteiger partial charge in [-0.3, -0.25) is 4.79 Å². The largest absolute Gasteiger partial charge is 0.381 e. The van der Waals surface area contributed by atoms with E-state index in [1.165, 1.54) is 0 Å². The number of carbonyl (C=O) groups is 1. The van der Waals surface area contributed by atoms with Gasteiger partial charge in [-0.1, -0.05) is 23.7 Å². The molecule has 0 unspecified atom stereocenters. The summed E-state index contributed by atoms with van der Waals surface area (Å²) in [5, 5.41) is 4.97. The Bertz CT molecular complexity index is 665. The minimum Gasteiger partial charge on any atom is -0.381 e. The zero-order chi connectivity index (χ0) is 14.8. The molecule has 1 aromatic carbocycles. The minimum atomic E-state index is -0.458. The Hall–Kier alpha value is -1.92. The number of primary amides is 1. The molecule has 1 saturated heterocycles. The SMILES string of the molecule is NC(=O)Cc1nc([C@H]2CCOC2)n(-c2ccccc2Cl)n1. The van der Waals surface area contributed by atoms with Crippen molar-refractivity contribution in [2.75, 3.05) is 13.2 Å². The molecule has 3 rings (SSSR count). The molecule has 0 saturated carbocycles. The van der Waals surface area contributed by atoms with E-state index in [1.807, 2.05) is 18.2 Å². The van der Waals surface area contributed by atoms with Crippen LogP contribution in [0.2, 0.25) is 5.02 Å². The van der Waals surface area contributed by atoms with E-state index in [-0.39, 0.29) is 12.3 Å². The summed E-state index contributed by atoms with van der Waals surface area (Å²) in [6.45, 7) is 1.30. The average Bonchev–Trinajstić information content (AvgIpc) is 3.07. The van der Waals surface area contributed by atoms with Gasteiger partial charge in [-0.25, -0.2) is 9.67 Å². The van der Waals surface area contributed by atoms with Crippen molar-refractivity contribution in [2.45, 2.75) is 18.8 Å². The Morgan fingerprint density at radius 1 is 1.48 bits per heavy atom. The predicted molar refractivity (Wildman–Crippen MR) is 77.4 cm³/mol. The fourth-order valence-corrected chi connectivity index (χ4v) is 2.62. The van der Waals surface area contributed by atoms with Gasteiger partial charge >= 0.3 is 0 Å². The molecule has 1 amide bonds. The van der Waals surface area contributed by atoms with Crippen LogP contribution < -0.4 is 5.73 Å². The average molecular weight is 307 g/mol. The number of hydrogen-bond acceptors (Lipinski definition) is 4. The van der Waals surface area contributed by atoms with Crippen molar-refractivity contribution in [1.82, 2.24) is 14.8 Å². The standard InChI is InChI=1S/C14H15ClN4O2/c15-10-3-1-2-4-11(10)19-14(9-5-6-21-8-9)17-13(18-19)7-12(16)20/h1-4,9H,5-8H2,(H2,16,20)/t9-/m0/s1. The molecule has 0 radical (unpaired) electrons. The highest BCUT2D eigenvalue weighted by Crippen LogP contribution is 2.28. The van der Waals surface area contributed by atoms with Crippen LogP contribution in [-0.4, -0.2) is 33.9 Å². The zero-order valence-electron chi connectivity index (χ0n) is 11.3. The third kappa shape index (κ3) is 2.91. The molecule has 2 heterocycles. The number of nitrogens with zero attached hydrogens (tertiary/aromatic N) is 3. The highest BCUT2D eigenvalue weighted by Gasteiger charge is 2.26. The van der Waals surface area contributed by atoms with Gasteiger partial charge in [0.25, 0.3) is 0 Å². The van der Waals surface area contributed by atoms with Gasteiger partial charge in [-0.05, 0) is 18.6 Å². The van der Waals surface area contributed by atoms with Gasteiger partial charge in [0.2, 0.25) is 5.91 Å². The lowest BCUT2D eigenvalue weighted by atomic mass is 10.1. The second-order valence-electron chi connectivity index (χ2n) is 4.95. The molecule has 1 aliphatic heterocycles. The quantitative estimate of drug-likeness (QED) is 0.927. The molecule has 1 aliphatic rings. The highest BCUT2D eigenvalue weighted by atomic mass is 35.5. The maximum Gasteiger partial charge on any atom is 0.225 e. The summed E-state index contributed by atoms with van der Waals surface area (Å²) in [5.74, 6) is 0.858. The number of carbonyl (C=O) groups excluding carboxylic acids is 1.